The highest BCUT2D eigenvalue weighted by Crippen LogP contribution is 2.34. The van der Waals surface area contributed by atoms with Gasteiger partial charge in [0, 0.05) is 24.9 Å². The number of aromatic nitrogens is 1. The van der Waals surface area contributed by atoms with Gasteiger partial charge in [0.2, 0.25) is 10.0 Å². The molecule has 3 rings (SSSR count). The lowest BCUT2D eigenvalue weighted by atomic mass is 9.99. The normalized spacial score (nSPS) is 18.3. The summed E-state index contributed by atoms with van der Waals surface area (Å²) in [7, 11) is -3.18. The van der Waals surface area contributed by atoms with E-state index >= 15 is 0 Å². The summed E-state index contributed by atoms with van der Waals surface area (Å²) in [5.41, 5.74) is 1.04. The molecule has 0 atom stereocenters. The zero-order valence-electron chi connectivity index (χ0n) is 11.5. The van der Waals surface area contributed by atoms with Gasteiger partial charge in [-0.15, -0.1) is 22.9 Å². The molecule has 1 fully saturated rings. The molecule has 2 aromatic rings. The molecule has 1 aliphatic heterocycles. The topological polar surface area (TPSA) is 50.3 Å². The summed E-state index contributed by atoms with van der Waals surface area (Å²) in [5, 5.41) is 1.13. The third kappa shape index (κ3) is 3.23. The molecule has 0 radical (unpaired) electrons. The fraction of sp³-hybridized carbons (Fsp3) is 0.500. The highest BCUT2D eigenvalue weighted by atomic mass is 35.5. The van der Waals surface area contributed by atoms with Gasteiger partial charge in [-0.05, 0) is 25.0 Å². The zero-order valence-corrected chi connectivity index (χ0v) is 13.9. The molecule has 1 aromatic carbocycles. The predicted octanol–water partition coefficient (Wildman–Crippen LogP) is 3.04. The molecular formula is C14H17ClN2O2S2. The summed E-state index contributed by atoms with van der Waals surface area (Å²) < 4.78 is 26.8. The fourth-order valence-corrected chi connectivity index (χ4v) is 5.61. The van der Waals surface area contributed by atoms with Crippen molar-refractivity contribution in [1.82, 2.24) is 9.29 Å². The summed E-state index contributed by atoms with van der Waals surface area (Å²) in [6.45, 7) is 1.14. The molecule has 0 aliphatic carbocycles. The van der Waals surface area contributed by atoms with Gasteiger partial charge in [-0.25, -0.2) is 17.7 Å². The summed E-state index contributed by atoms with van der Waals surface area (Å²) >= 11 is 7.28. The average molecular weight is 345 g/mol. The van der Waals surface area contributed by atoms with E-state index in [2.05, 4.69) is 11.1 Å². The van der Waals surface area contributed by atoms with Crippen molar-refractivity contribution in [3.05, 3.63) is 29.3 Å². The molecule has 0 bridgehead atoms. The van der Waals surface area contributed by atoms with Crippen LogP contribution in [-0.4, -0.2) is 42.4 Å². The lowest BCUT2D eigenvalue weighted by molar-refractivity contribution is 0.320. The highest BCUT2D eigenvalue weighted by molar-refractivity contribution is 7.89. The van der Waals surface area contributed by atoms with Crippen LogP contribution >= 0.6 is 22.9 Å². The maximum Gasteiger partial charge on any atom is 0.215 e. The first kappa shape index (κ1) is 15.2. The van der Waals surface area contributed by atoms with E-state index in [-0.39, 0.29) is 11.6 Å². The molecule has 0 N–H and O–H groups in total. The molecule has 0 amide bonds. The SMILES string of the molecule is O=S(=O)(CCCl)N1CCC(c2nc3ccccc3s2)CC1. The van der Waals surface area contributed by atoms with Gasteiger partial charge in [0.15, 0.2) is 0 Å². The van der Waals surface area contributed by atoms with Gasteiger partial charge in [0.25, 0.3) is 0 Å². The van der Waals surface area contributed by atoms with Crippen molar-refractivity contribution in [3.8, 4) is 0 Å². The number of rotatable bonds is 4. The van der Waals surface area contributed by atoms with Crippen LogP contribution < -0.4 is 0 Å². The van der Waals surface area contributed by atoms with Crippen LogP contribution in [0.15, 0.2) is 24.3 Å². The third-order valence-corrected chi connectivity index (χ3v) is 7.33. The molecule has 21 heavy (non-hydrogen) atoms. The molecule has 0 saturated carbocycles. The number of nitrogens with zero attached hydrogens (tertiary/aromatic N) is 2. The molecule has 114 valence electrons. The standard InChI is InChI=1S/C14H17ClN2O2S2/c15-7-10-21(18,19)17-8-5-11(6-9-17)14-16-12-3-1-2-4-13(12)20-14/h1-4,11H,5-10H2. The van der Waals surface area contributed by atoms with E-state index in [1.165, 1.54) is 4.70 Å². The maximum absolute atomic E-state index is 12.0. The number of para-hydroxylation sites is 1. The largest absolute Gasteiger partial charge is 0.241 e. The number of alkyl halides is 1. The van der Waals surface area contributed by atoms with E-state index in [1.807, 2.05) is 18.2 Å². The number of piperidine rings is 1. The van der Waals surface area contributed by atoms with Gasteiger partial charge in [-0.2, -0.15) is 0 Å². The van der Waals surface area contributed by atoms with Crippen LogP contribution in [0.4, 0.5) is 0 Å². The molecule has 1 saturated heterocycles. The molecule has 0 unspecified atom stereocenters. The van der Waals surface area contributed by atoms with Crippen molar-refractivity contribution in [3.63, 3.8) is 0 Å². The molecule has 2 heterocycles. The van der Waals surface area contributed by atoms with Crippen LogP contribution in [0.5, 0.6) is 0 Å². The number of hydrogen-bond acceptors (Lipinski definition) is 4. The van der Waals surface area contributed by atoms with E-state index in [1.54, 1.807) is 15.6 Å². The minimum atomic E-state index is -3.18. The van der Waals surface area contributed by atoms with Gasteiger partial charge in [-0.1, -0.05) is 12.1 Å². The molecule has 1 aromatic heterocycles. The monoisotopic (exact) mass is 344 g/mol. The third-order valence-electron chi connectivity index (χ3n) is 3.84. The second-order valence-electron chi connectivity index (χ2n) is 5.20. The molecule has 1 aliphatic rings. The van der Waals surface area contributed by atoms with Gasteiger partial charge < -0.3 is 0 Å². The van der Waals surface area contributed by atoms with E-state index in [0.717, 1.165) is 23.4 Å². The summed E-state index contributed by atoms with van der Waals surface area (Å²) in [5.74, 6) is 0.547. The highest BCUT2D eigenvalue weighted by Gasteiger charge is 2.29. The smallest absolute Gasteiger partial charge is 0.215 e. The van der Waals surface area contributed by atoms with Crippen LogP contribution in [0, 0.1) is 0 Å². The summed E-state index contributed by atoms with van der Waals surface area (Å²) in [4.78, 5) is 4.69. The second-order valence-corrected chi connectivity index (χ2v) is 8.73. The van der Waals surface area contributed by atoms with Crippen LogP contribution in [0.1, 0.15) is 23.8 Å². The Morgan fingerprint density at radius 1 is 1.29 bits per heavy atom. The summed E-state index contributed by atoms with van der Waals surface area (Å²) in [6.07, 6.45) is 1.67. The zero-order chi connectivity index (χ0) is 14.9. The quantitative estimate of drug-likeness (QED) is 0.801. The van der Waals surface area contributed by atoms with Crippen LogP contribution in [-0.2, 0) is 10.0 Å². The first-order chi connectivity index (χ1) is 10.1. The van der Waals surface area contributed by atoms with Gasteiger partial charge >= 0.3 is 0 Å². The maximum atomic E-state index is 12.0. The molecule has 7 heteroatoms. The number of fused-ring (bicyclic) bond motifs is 1. The first-order valence-corrected chi connectivity index (χ1v) is 9.95. The van der Waals surface area contributed by atoms with E-state index < -0.39 is 10.0 Å². The Morgan fingerprint density at radius 3 is 2.67 bits per heavy atom. The van der Waals surface area contributed by atoms with Gasteiger partial charge in [0.1, 0.15) is 0 Å². The van der Waals surface area contributed by atoms with Crippen molar-refractivity contribution < 1.29 is 8.42 Å². The lowest BCUT2D eigenvalue weighted by Gasteiger charge is -2.30. The van der Waals surface area contributed by atoms with Crippen LogP contribution in [0.2, 0.25) is 0 Å². The number of benzene rings is 1. The van der Waals surface area contributed by atoms with Crippen molar-refractivity contribution in [2.24, 2.45) is 0 Å². The number of halogens is 1. The van der Waals surface area contributed by atoms with Crippen LogP contribution in [0.3, 0.4) is 0 Å². The number of sulfonamides is 1. The van der Waals surface area contributed by atoms with Crippen molar-refractivity contribution in [1.29, 1.82) is 0 Å². The Hall–Kier alpha value is -0.690. The average Bonchev–Trinajstić information content (AvgIpc) is 2.91. The first-order valence-electron chi connectivity index (χ1n) is 6.99. The Labute approximate surface area is 133 Å². The molecule has 0 spiro atoms. The van der Waals surface area contributed by atoms with Crippen LogP contribution in [0.25, 0.3) is 10.2 Å². The van der Waals surface area contributed by atoms with Gasteiger partial charge in [0.05, 0.1) is 21.0 Å². The number of hydrogen-bond donors (Lipinski definition) is 0. The second kappa shape index (κ2) is 6.20. The van der Waals surface area contributed by atoms with Crippen molar-refractivity contribution in [2.75, 3.05) is 24.7 Å². The number of thiazole rings is 1. The van der Waals surface area contributed by atoms with Crippen molar-refractivity contribution in [2.45, 2.75) is 18.8 Å². The Balaban J connectivity index is 1.71. The minimum absolute atomic E-state index is 0.0281. The van der Waals surface area contributed by atoms with E-state index in [9.17, 15) is 8.42 Å². The molecular weight excluding hydrogens is 328 g/mol. The summed E-state index contributed by atoms with van der Waals surface area (Å²) in [6, 6.07) is 8.12. The van der Waals surface area contributed by atoms with E-state index in [0.29, 0.717) is 19.0 Å². The Morgan fingerprint density at radius 2 is 2.00 bits per heavy atom. The van der Waals surface area contributed by atoms with Crippen molar-refractivity contribution >= 4 is 43.2 Å². The van der Waals surface area contributed by atoms with Gasteiger partial charge in [-0.3, -0.25) is 0 Å². The fourth-order valence-electron chi connectivity index (χ4n) is 2.67. The van der Waals surface area contributed by atoms with E-state index in [4.69, 9.17) is 11.6 Å². The minimum Gasteiger partial charge on any atom is -0.241 e. The lowest BCUT2D eigenvalue weighted by Crippen LogP contribution is -2.39. The Bertz CT molecular complexity index is 688. The Kier molecular flexibility index (Phi) is 4.49. The predicted molar refractivity (Wildman–Crippen MR) is 87.7 cm³/mol. The molecule has 4 nitrogen and oxygen atoms in total.